The molecule has 2 aliphatic carbocycles. The van der Waals surface area contributed by atoms with E-state index in [1.165, 1.54) is 36.6 Å². The molecule has 110 valence electrons. The van der Waals surface area contributed by atoms with Gasteiger partial charge < -0.3 is 5.32 Å². The summed E-state index contributed by atoms with van der Waals surface area (Å²) in [6.45, 7) is 3.27. The second kappa shape index (κ2) is 5.42. The van der Waals surface area contributed by atoms with Crippen LogP contribution < -0.4 is 5.32 Å². The van der Waals surface area contributed by atoms with Crippen LogP contribution in [0.4, 0.5) is 0 Å². The summed E-state index contributed by atoms with van der Waals surface area (Å²) in [6.07, 6.45) is 7.66. The molecule has 0 amide bonds. The van der Waals surface area contributed by atoms with Crippen LogP contribution in [0.1, 0.15) is 44.2 Å². The molecule has 0 saturated heterocycles. The summed E-state index contributed by atoms with van der Waals surface area (Å²) in [5.41, 5.74) is 2.56. The number of nitrogens with one attached hydrogen (secondary N) is 1. The van der Waals surface area contributed by atoms with Crippen molar-refractivity contribution in [2.75, 3.05) is 6.54 Å². The van der Waals surface area contributed by atoms with Crippen LogP contribution in [0.15, 0.2) is 36.5 Å². The van der Waals surface area contributed by atoms with Crippen LogP contribution in [-0.2, 0) is 0 Å². The number of pyridine rings is 1. The minimum atomic E-state index is 0.535. The molecule has 2 fully saturated rings. The fourth-order valence-electron chi connectivity index (χ4n) is 4.53. The van der Waals surface area contributed by atoms with E-state index in [0.717, 1.165) is 29.8 Å². The Morgan fingerprint density at radius 3 is 2.76 bits per heavy atom. The van der Waals surface area contributed by atoms with Crippen LogP contribution >= 0.6 is 0 Å². The molecular weight excluding hydrogens is 256 g/mol. The first-order valence-electron chi connectivity index (χ1n) is 8.46. The topological polar surface area (TPSA) is 24.9 Å². The normalized spacial score (nSPS) is 29.1. The van der Waals surface area contributed by atoms with Crippen molar-refractivity contribution in [1.82, 2.24) is 10.3 Å². The zero-order valence-electron chi connectivity index (χ0n) is 12.8. The summed E-state index contributed by atoms with van der Waals surface area (Å²) in [7, 11) is 0. The summed E-state index contributed by atoms with van der Waals surface area (Å²) in [5, 5.41) is 5.03. The molecule has 0 radical (unpaired) electrons. The number of rotatable bonds is 4. The maximum Gasteiger partial charge on any atom is 0.0702 e. The Kier molecular flexibility index (Phi) is 3.42. The average molecular weight is 280 g/mol. The molecule has 0 aliphatic heterocycles. The minimum absolute atomic E-state index is 0.535. The Balaban J connectivity index is 1.66. The molecule has 2 aliphatic rings. The van der Waals surface area contributed by atoms with Gasteiger partial charge in [0.1, 0.15) is 0 Å². The zero-order chi connectivity index (χ0) is 14.2. The van der Waals surface area contributed by atoms with Gasteiger partial charge in [0, 0.05) is 17.6 Å². The predicted molar refractivity (Wildman–Crippen MR) is 87.1 cm³/mol. The lowest BCUT2D eigenvalue weighted by Crippen LogP contribution is -2.23. The third kappa shape index (κ3) is 2.36. The molecule has 1 aromatic heterocycles. The molecule has 0 spiro atoms. The van der Waals surface area contributed by atoms with Crippen molar-refractivity contribution in [3.63, 3.8) is 0 Å². The van der Waals surface area contributed by atoms with E-state index in [-0.39, 0.29) is 0 Å². The maximum atomic E-state index is 4.44. The molecule has 2 aromatic rings. The largest absolute Gasteiger partial charge is 0.310 e. The van der Waals surface area contributed by atoms with Crippen LogP contribution in [0.3, 0.4) is 0 Å². The van der Waals surface area contributed by atoms with Crippen molar-refractivity contribution in [2.24, 2.45) is 17.8 Å². The number of aromatic nitrogens is 1. The van der Waals surface area contributed by atoms with Crippen molar-refractivity contribution in [2.45, 2.75) is 38.6 Å². The van der Waals surface area contributed by atoms with E-state index in [1.54, 1.807) is 0 Å². The van der Waals surface area contributed by atoms with Gasteiger partial charge in [0.05, 0.1) is 5.52 Å². The van der Waals surface area contributed by atoms with Crippen LogP contribution in [0.25, 0.3) is 10.9 Å². The minimum Gasteiger partial charge on any atom is -0.310 e. The summed E-state index contributed by atoms with van der Waals surface area (Å²) in [5.74, 6) is 2.82. The summed E-state index contributed by atoms with van der Waals surface area (Å²) < 4.78 is 0. The molecule has 3 unspecified atom stereocenters. The fraction of sp³-hybridized carbons (Fsp3) is 0.526. The molecule has 1 heterocycles. The lowest BCUT2D eigenvalue weighted by atomic mass is 9.98. The molecular formula is C19H24N2. The standard InChI is InChI=1S/C19H24N2/c1-2-20-19(18-15-7-3-4-8-16(15)18)14-9-10-17-13(12-14)6-5-11-21-17/h5-6,9-12,15-16,18-20H,2-4,7-8H2,1H3. The molecule has 4 rings (SSSR count). The van der Waals surface area contributed by atoms with E-state index < -0.39 is 0 Å². The van der Waals surface area contributed by atoms with Crippen LogP contribution in [0.5, 0.6) is 0 Å². The van der Waals surface area contributed by atoms with Crippen molar-refractivity contribution in [3.05, 3.63) is 42.1 Å². The van der Waals surface area contributed by atoms with E-state index in [9.17, 15) is 0 Å². The summed E-state index contributed by atoms with van der Waals surface area (Å²) in [6, 6.07) is 11.6. The summed E-state index contributed by atoms with van der Waals surface area (Å²) >= 11 is 0. The molecule has 3 atom stereocenters. The van der Waals surface area contributed by atoms with E-state index in [1.807, 2.05) is 12.3 Å². The first kappa shape index (κ1) is 13.3. The van der Waals surface area contributed by atoms with Crippen molar-refractivity contribution < 1.29 is 0 Å². The first-order valence-corrected chi connectivity index (χ1v) is 8.46. The van der Waals surface area contributed by atoms with Gasteiger partial charge in [0.15, 0.2) is 0 Å². The third-order valence-corrected chi connectivity index (χ3v) is 5.52. The highest BCUT2D eigenvalue weighted by atomic mass is 14.9. The SMILES string of the molecule is CCNC(c1ccc2ncccc2c1)C1C2CCCCC21. The summed E-state index contributed by atoms with van der Waals surface area (Å²) in [4.78, 5) is 4.44. The highest BCUT2D eigenvalue weighted by Gasteiger charge is 2.54. The predicted octanol–water partition coefficient (Wildman–Crippen LogP) is 4.32. The molecule has 0 bridgehead atoms. The Morgan fingerprint density at radius 2 is 2.00 bits per heavy atom. The van der Waals surface area contributed by atoms with Crippen molar-refractivity contribution >= 4 is 10.9 Å². The number of hydrogen-bond acceptors (Lipinski definition) is 2. The van der Waals surface area contributed by atoms with Gasteiger partial charge in [0.2, 0.25) is 0 Å². The highest BCUT2D eigenvalue weighted by molar-refractivity contribution is 5.79. The van der Waals surface area contributed by atoms with Gasteiger partial charge in [0.25, 0.3) is 0 Å². The molecule has 2 saturated carbocycles. The van der Waals surface area contributed by atoms with Crippen LogP contribution in [0.2, 0.25) is 0 Å². The zero-order valence-corrected chi connectivity index (χ0v) is 12.8. The number of fused-ring (bicyclic) bond motifs is 2. The van der Waals surface area contributed by atoms with Crippen LogP contribution in [-0.4, -0.2) is 11.5 Å². The second-order valence-corrected chi connectivity index (χ2v) is 6.68. The first-order chi connectivity index (χ1) is 10.4. The van der Waals surface area contributed by atoms with Gasteiger partial charge in [-0.05, 0) is 60.9 Å². The smallest absolute Gasteiger partial charge is 0.0702 e. The Labute approximate surface area is 127 Å². The van der Waals surface area contributed by atoms with Gasteiger partial charge in [-0.2, -0.15) is 0 Å². The molecule has 21 heavy (non-hydrogen) atoms. The monoisotopic (exact) mass is 280 g/mol. The lowest BCUT2D eigenvalue weighted by Gasteiger charge is -2.19. The number of nitrogens with zero attached hydrogens (tertiary/aromatic N) is 1. The third-order valence-electron chi connectivity index (χ3n) is 5.52. The van der Waals surface area contributed by atoms with E-state index in [4.69, 9.17) is 0 Å². The van der Waals surface area contributed by atoms with Gasteiger partial charge in [-0.1, -0.05) is 31.9 Å². The average Bonchev–Trinajstić information content (AvgIpc) is 3.26. The maximum absolute atomic E-state index is 4.44. The van der Waals surface area contributed by atoms with Crippen molar-refractivity contribution in [1.29, 1.82) is 0 Å². The molecule has 1 N–H and O–H groups in total. The van der Waals surface area contributed by atoms with Crippen molar-refractivity contribution in [3.8, 4) is 0 Å². The molecule has 2 heteroatoms. The Bertz CT molecular complexity index is 624. The van der Waals surface area contributed by atoms with E-state index in [2.05, 4.69) is 41.5 Å². The van der Waals surface area contributed by atoms with E-state index in [0.29, 0.717) is 6.04 Å². The van der Waals surface area contributed by atoms with Crippen LogP contribution in [0, 0.1) is 17.8 Å². The van der Waals surface area contributed by atoms with Gasteiger partial charge in [-0.25, -0.2) is 0 Å². The fourth-order valence-corrected chi connectivity index (χ4v) is 4.53. The second-order valence-electron chi connectivity index (χ2n) is 6.68. The van der Waals surface area contributed by atoms with Gasteiger partial charge in [-0.3, -0.25) is 4.98 Å². The highest BCUT2D eigenvalue weighted by Crippen LogP contribution is 2.60. The van der Waals surface area contributed by atoms with Gasteiger partial charge >= 0.3 is 0 Å². The van der Waals surface area contributed by atoms with Gasteiger partial charge in [-0.15, -0.1) is 0 Å². The Hall–Kier alpha value is -1.41. The number of hydrogen-bond donors (Lipinski definition) is 1. The lowest BCUT2D eigenvalue weighted by molar-refractivity contribution is 0.457. The molecule has 1 aromatic carbocycles. The quantitative estimate of drug-likeness (QED) is 0.902. The van der Waals surface area contributed by atoms with E-state index >= 15 is 0 Å². The molecule has 2 nitrogen and oxygen atoms in total. The number of benzene rings is 1. The Morgan fingerprint density at radius 1 is 1.19 bits per heavy atom.